The van der Waals surface area contributed by atoms with Gasteiger partial charge in [-0.3, -0.25) is 9.69 Å². The number of halogens is 2. The van der Waals surface area contributed by atoms with Gasteiger partial charge in [0.05, 0.1) is 0 Å². The Balaban J connectivity index is 1.63. The molecular formula is C20H24F2N4OS. The average Bonchev–Trinajstić information content (AvgIpc) is 2.68. The second-order valence-electron chi connectivity index (χ2n) is 6.84. The average molecular weight is 407 g/mol. The largest absolute Gasteiger partial charge is 0.366 e. The van der Waals surface area contributed by atoms with Crippen LogP contribution < -0.4 is 16.0 Å². The number of benzene rings is 2. The van der Waals surface area contributed by atoms with Crippen LogP contribution in [0.15, 0.2) is 36.4 Å². The van der Waals surface area contributed by atoms with Gasteiger partial charge in [0.15, 0.2) is 11.6 Å². The van der Waals surface area contributed by atoms with Crippen molar-refractivity contribution >= 4 is 29.9 Å². The minimum absolute atomic E-state index is 0.276. The smallest absolute Gasteiger partial charge is 0.257 e. The summed E-state index contributed by atoms with van der Waals surface area (Å²) in [6, 6.07) is 9.35. The van der Waals surface area contributed by atoms with E-state index in [1.54, 1.807) is 0 Å². The lowest BCUT2D eigenvalue weighted by Gasteiger charge is -2.27. The maximum absolute atomic E-state index is 13.3. The third-order valence-corrected chi connectivity index (χ3v) is 5.01. The lowest BCUT2D eigenvalue weighted by molar-refractivity contribution is -0.115. The van der Waals surface area contributed by atoms with Gasteiger partial charge >= 0.3 is 0 Å². The predicted molar refractivity (Wildman–Crippen MR) is 111 cm³/mol. The van der Waals surface area contributed by atoms with Crippen LogP contribution in [0.3, 0.4) is 0 Å². The number of amides is 1. The summed E-state index contributed by atoms with van der Waals surface area (Å²) < 4.78 is 26.3. The summed E-state index contributed by atoms with van der Waals surface area (Å²) in [5.74, 6) is -2.31. The van der Waals surface area contributed by atoms with Gasteiger partial charge in [-0.05, 0) is 36.2 Å². The summed E-state index contributed by atoms with van der Waals surface area (Å²) in [4.78, 5) is 14.8. The Hall–Kier alpha value is -2.16. The van der Waals surface area contributed by atoms with E-state index in [-0.39, 0.29) is 11.6 Å². The molecule has 8 heteroatoms. The lowest BCUT2D eigenvalue weighted by atomic mass is 10.1. The highest BCUT2D eigenvalue weighted by atomic mass is 32.1. The summed E-state index contributed by atoms with van der Waals surface area (Å²) >= 11 is 4.24. The van der Waals surface area contributed by atoms with Gasteiger partial charge in [0.2, 0.25) is 0 Å². The summed E-state index contributed by atoms with van der Waals surface area (Å²) in [6.45, 7) is 6.68. The van der Waals surface area contributed by atoms with Crippen molar-refractivity contribution in [2.75, 3.05) is 36.8 Å². The number of anilines is 2. The molecule has 0 radical (unpaired) electrons. The van der Waals surface area contributed by atoms with Crippen LogP contribution in [-0.4, -0.2) is 42.4 Å². The van der Waals surface area contributed by atoms with Gasteiger partial charge in [-0.25, -0.2) is 8.78 Å². The second kappa shape index (κ2) is 9.36. The third kappa shape index (κ3) is 5.43. The van der Waals surface area contributed by atoms with Gasteiger partial charge in [-0.1, -0.05) is 12.1 Å². The van der Waals surface area contributed by atoms with Crippen LogP contribution in [0.4, 0.5) is 20.2 Å². The molecule has 0 aromatic heterocycles. The number of rotatable bonds is 6. The molecule has 150 valence electrons. The summed E-state index contributed by atoms with van der Waals surface area (Å²) in [5.41, 5.74) is 3.04. The molecule has 2 aromatic rings. The maximum Gasteiger partial charge on any atom is 0.257 e. The summed E-state index contributed by atoms with van der Waals surface area (Å²) in [6.07, 6.45) is 0. The Bertz CT molecular complexity index is 843. The second-order valence-corrected chi connectivity index (χ2v) is 7.36. The molecule has 0 saturated carbocycles. The van der Waals surface area contributed by atoms with E-state index in [1.165, 1.54) is 6.07 Å². The number of aryl methyl sites for hydroxylation is 1. The van der Waals surface area contributed by atoms with E-state index >= 15 is 0 Å². The van der Waals surface area contributed by atoms with Crippen LogP contribution in [0.1, 0.15) is 11.1 Å². The quantitative estimate of drug-likeness (QED) is 0.440. The number of hydrogen-bond acceptors (Lipinski definition) is 5. The molecule has 1 heterocycles. The number of nitrogens with one attached hydrogen (secondary N) is 3. The molecule has 3 rings (SSSR count). The molecule has 0 bridgehead atoms. The third-order valence-electron chi connectivity index (χ3n) is 4.65. The fourth-order valence-electron chi connectivity index (χ4n) is 3.04. The van der Waals surface area contributed by atoms with Gasteiger partial charge in [0.25, 0.3) is 5.91 Å². The number of piperazine rings is 1. The SMILES string of the molecule is Cc1ccc(CN2CCNCC2)cc1NC(=O)C(S)Nc1ccc(F)c(F)c1. The molecule has 1 atom stereocenters. The van der Waals surface area contributed by atoms with Crippen LogP contribution in [0.25, 0.3) is 0 Å². The Labute approximate surface area is 168 Å². The maximum atomic E-state index is 13.3. The van der Waals surface area contributed by atoms with E-state index in [2.05, 4.69) is 39.5 Å². The highest BCUT2D eigenvalue weighted by molar-refractivity contribution is 7.82. The molecular weight excluding hydrogens is 382 g/mol. The number of carbonyl (C=O) groups excluding carboxylic acids is 1. The van der Waals surface area contributed by atoms with Crippen LogP contribution in [-0.2, 0) is 11.3 Å². The van der Waals surface area contributed by atoms with Crippen LogP contribution in [0.5, 0.6) is 0 Å². The van der Waals surface area contributed by atoms with Crippen LogP contribution in [0, 0.1) is 18.6 Å². The van der Waals surface area contributed by atoms with Crippen molar-refractivity contribution in [2.24, 2.45) is 0 Å². The molecule has 1 saturated heterocycles. The molecule has 1 unspecified atom stereocenters. The molecule has 1 aliphatic rings. The number of nitrogens with zero attached hydrogens (tertiary/aromatic N) is 1. The Morgan fingerprint density at radius 2 is 1.93 bits per heavy atom. The number of carbonyl (C=O) groups is 1. The molecule has 0 spiro atoms. The fourth-order valence-corrected chi connectivity index (χ4v) is 3.25. The van der Waals surface area contributed by atoms with Crippen LogP contribution >= 0.6 is 12.6 Å². The minimum atomic E-state index is -0.984. The summed E-state index contributed by atoms with van der Waals surface area (Å²) in [7, 11) is 0. The molecule has 1 fully saturated rings. The van der Waals surface area contributed by atoms with Crippen molar-refractivity contribution in [1.82, 2.24) is 10.2 Å². The molecule has 1 aliphatic heterocycles. The van der Waals surface area contributed by atoms with Gasteiger partial charge in [-0.15, -0.1) is 12.6 Å². The monoisotopic (exact) mass is 406 g/mol. The van der Waals surface area contributed by atoms with Crippen molar-refractivity contribution in [3.05, 3.63) is 59.2 Å². The molecule has 28 heavy (non-hydrogen) atoms. The topological polar surface area (TPSA) is 56.4 Å². The molecule has 0 aliphatic carbocycles. The normalized spacial score (nSPS) is 15.9. The molecule has 5 nitrogen and oxygen atoms in total. The van der Waals surface area contributed by atoms with Crippen molar-refractivity contribution in [3.8, 4) is 0 Å². The van der Waals surface area contributed by atoms with Gasteiger partial charge < -0.3 is 16.0 Å². The van der Waals surface area contributed by atoms with E-state index in [1.807, 2.05) is 19.1 Å². The zero-order valence-corrected chi connectivity index (χ0v) is 16.5. The first-order valence-corrected chi connectivity index (χ1v) is 9.67. The predicted octanol–water partition coefficient (Wildman–Crippen LogP) is 2.98. The first-order valence-electron chi connectivity index (χ1n) is 9.15. The van der Waals surface area contributed by atoms with E-state index in [9.17, 15) is 13.6 Å². The van der Waals surface area contributed by atoms with Crippen LogP contribution in [0.2, 0.25) is 0 Å². The number of hydrogen-bond donors (Lipinski definition) is 4. The first-order chi connectivity index (χ1) is 13.4. The lowest BCUT2D eigenvalue weighted by Crippen LogP contribution is -2.42. The standard InChI is InChI=1S/C20H24F2N4OS/c1-13-2-3-14(12-26-8-6-23-7-9-26)10-18(13)25-19(27)20(28)24-15-4-5-16(21)17(22)11-15/h2-5,10-11,20,23-24,28H,6-9,12H2,1H3,(H,25,27). The Morgan fingerprint density at radius 1 is 1.18 bits per heavy atom. The van der Waals surface area contributed by atoms with Crippen molar-refractivity contribution in [2.45, 2.75) is 18.8 Å². The van der Waals surface area contributed by atoms with Crippen molar-refractivity contribution < 1.29 is 13.6 Å². The van der Waals surface area contributed by atoms with Crippen molar-refractivity contribution in [1.29, 1.82) is 0 Å². The summed E-state index contributed by atoms with van der Waals surface area (Å²) in [5, 5.41) is 8.03. The van der Waals surface area contributed by atoms with Gasteiger partial charge in [0.1, 0.15) is 5.37 Å². The van der Waals surface area contributed by atoms with E-state index in [4.69, 9.17) is 0 Å². The Morgan fingerprint density at radius 3 is 2.64 bits per heavy atom. The Kier molecular flexibility index (Phi) is 6.88. The van der Waals surface area contributed by atoms with E-state index in [0.717, 1.165) is 56.0 Å². The van der Waals surface area contributed by atoms with E-state index < -0.39 is 17.0 Å². The molecule has 2 aromatic carbocycles. The van der Waals surface area contributed by atoms with Gasteiger partial charge in [-0.2, -0.15) is 0 Å². The highest BCUT2D eigenvalue weighted by Gasteiger charge is 2.17. The first kappa shape index (κ1) is 20.6. The fraction of sp³-hybridized carbons (Fsp3) is 0.350. The van der Waals surface area contributed by atoms with E-state index in [0.29, 0.717) is 5.69 Å². The minimum Gasteiger partial charge on any atom is -0.366 e. The zero-order chi connectivity index (χ0) is 20.1. The molecule has 3 N–H and O–H groups in total. The highest BCUT2D eigenvalue weighted by Crippen LogP contribution is 2.20. The zero-order valence-electron chi connectivity index (χ0n) is 15.6. The number of thiol groups is 1. The molecule has 1 amide bonds. The van der Waals surface area contributed by atoms with Gasteiger partial charge in [0, 0.05) is 50.2 Å². The van der Waals surface area contributed by atoms with Crippen molar-refractivity contribution in [3.63, 3.8) is 0 Å².